The maximum Gasteiger partial charge on any atom is 0.292 e. The Kier molecular flexibility index (Phi) is 5.45. The molecule has 0 aliphatic rings. The Bertz CT molecular complexity index is 502. The predicted octanol–water partition coefficient (Wildman–Crippen LogP) is 1.13. The number of amides is 1. The number of benzene rings is 1. The highest BCUT2D eigenvalue weighted by Gasteiger charge is 2.16. The summed E-state index contributed by atoms with van der Waals surface area (Å²) < 4.78 is 0. The summed E-state index contributed by atoms with van der Waals surface area (Å²) in [6.45, 7) is 4.35. The van der Waals surface area contributed by atoms with Crippen LogP contribution in [-0.2, 0) is 11.3 Å². The summed E-state index contributed by atoms with van der Waals surface area (Å²) >= 11 is 0. The number of nitrogens with two attached hydrogens (primary N) is 1. The lowest BCUT2D eigenvalue weighted by Gasteiger charge is -2.18. The number of nitrogen functional groups attached to an aromatic ring is 1. The van der Waals surface area contributed by atoms with Crippen LogP contribution in [-0.4, -0.2) is 35.4 Å². The molecule has 0 aliphatic heterocycles. The van der Waals surface area contributed by atoms with Crippen LogP contribution in [0.3, 0.4) is 0 Å². The van der Waals surface area contributed by atoms with E-state index in [2.05, 4.69) is 5.32 Å². The molecule has 1 aromatic carbocycles. The van der Waals surface area contributed by atoms with Crippen molar-refractivity contribution < 1.29 is 9.72 Å². The third kappa shape index (κ3) is 4.51. The quantitative estimate of drug-likeness (QED) is 0.462. The van der Waals surface area contributed by atoms with Gasteiger partial charge in [0.25, 0.3) is 5.69 Å². The SMILES string of the molecule is CC(C)NC(=O)CN(C)Cc1cccc([N+](=O)[O-])c1N. The maximum absolute atomic E-state index is 11.6. The first-order valence-corrected chi connectivity index (χ1v) is 6.31. The molecule has 0 spiro atoms. The van der Waals surface area contributed by atoms with Crippen molar-refractivity contribution in [3.05, 3.63) is 33.9 Å². The summed E-state index contributed by atoms with van der Waals surface area (Å²) in [5, 5.41) is 13.6. The molecule has 0 saturated heterocycles. The second kappa shape index (κ2) is 6.85. The molecule has 1 aromatic rings. The molecule has 0 bridgehead atoms. The zero-order valence-corrected chi connectivity index (χ0v) is 11.9. The molecule has 0 radical (unpaired) electrons. The number of carbonyl (C=O) groups excluding carboxylic acids is 1. The van der Waals surface area contributed by atoms with E-state index in [0.717, 1.165) is 0 Å². The smallest absolute Gasteiger partial charge is 0.292 e. The summed E-state index contributed by atoms with van der Waals surface area (Å²) in [5.41, 5.74) is 6.45. The van der Waals surface area contributed by atoms with Crippen LogP contribution in [0.2, 0.25) is 0 Å². The van der Waals surface area contributed by atoms with E-state index in [4.69, 9.17) is 5.73 Å². The van der Waals surface area contributed by atoms with Gasteiger partial charge >= 0.3 is 0 Å². The second-order valence-corrected chi connectivity index (χ2v) is 5.00. The minimum absolute atomic E-state index is 0.0822. The van der Waals surface area contributed by atoms with Crippen molar-refractivity contribution in [1.29, 1.82) is 0 Å². The van der Waals surface area contributed by atoms with Crippen LogP contribution in [0.1, 0.15) is 19.4 Å². The van der Waals surface area contributed by atoms with Gasteiger partial charge in [-0.3, -0.25) is 19.8 Å². The first-order chi connectivity index (χ1) is 9.31. The summed E-state index contributed by atoms with van der Waals surface area (Å²) in [5.74, 6) is -0.0912. The number of rotatable bonds is 6. The molecule has 1 amide bonds. The van der Waals surface area contributed by atoms with Gasteiger partial charge in [-0.25, -0.2) is 0 Å². The van der Waals surface area contributed by atoms with Gasteiger partial charge in [-0.05, 0) is 26.5 Å². The minimum atomic E-state index is -0.510. The van der Waals surface area contributed by atoms with E-state index in [1.807, 2.05) is 13.8 Å². The second-order valence-electron chi connectivity index (χ2n) is 5.00. The average molecular weight is 280 g/mol. The number of para-hydroxylation sites is 1. The third-order valence-electron chi connectivity index (χ3n) is 2.67. The van der Waals surface area contributed by atoms with E-state index >= 15 is 0 Å². The number of nitrogens with one attached hydrogen (secondary N) is 1. The minimum Gasteiger partial charge on any atom is -0.393 e. The lowest BCUT2D eigenvalue weighted by molar-refractivity contribution is -0.384. The third-order valence-corrected chi connectivity index (χ3v) is 2.67. The largest absolute Gasteiger partial charge is 0.393 e. The Balaban J connectivity index is 2.71. The van der Waals surface area contributed by atoms with E-state index in [-0.39, 0.29) is 29.9 Å². The molecule has 7 heteroatoms. The number of nitro benzene ring substituents is 1. The van der Waals surface area contributed by atoms with Gasteiger partial charge in [0.15, 0.2) is 0 Å². The highest BCUT2D eigenvalue weighted by atomic mass is 16.6. The number of anilines is 1. The number of hydrogen-bond acceptors (Lipinski definition) is 5. The predicted molar refractivity (Wildman–Crippen MR) is 77.1 cm³/mol. The molecule has 0 saturated carbocycles. The van der Waals surface area contributed by atoms with Gasteiger partial charge in [0, 0.05) is 18.7 Å². The molecule has 0 heterocycles. The Morgan fingerprint density at radius 2 is 2.15 bits per heavy atom. The van der Waals surface area contributed by atoms with Gasteiger partial charge < -0.3 is 11.1 Å². The molecular formula is C13H20N4O3. The lowest BCUT2D eigenvalue weighted by atomic mass is 10.1. The van der Waals surface area contributed by atoms with E-state index in [0.29, 0.717) is 12.1 Å². The highest BCUT2D eigenvalue weighted by molar-refractivity contribution is 5.78. The fraction of sp³-hybridized carbons (Fsp3) is 0.462. The molecule has 110 valence electrons. The first kappa shape index (κ1) is 15.9. The lowest BCUT2D eigenvalue weighted by Crippen LogP contribution is -2.38. The van der Waals surface area contributed by atoms with E-state index < -0.39 is 4.92 Å². The van der Waals surface area contributed by atoms with Crippen molar-refractivity contribution in [3.63, 3.8) is 0 Å². The summed E-state index contributed by atoms with van der Waals surface area (Å²) in [4.78, 5) is 23.7. The Hall–Kier alpha value is -2.15. The monoisotopic (exact) mass is 280 g/mol. The standard InChI is InChI=1S/C13H20N4O3/c1-9(2)15-12(18)8-16(3)7-10-5-4-6-11(13(10)14)17(19)20/h4-6,9H,7-8,14H2,1-3H3,(H,15,18). The Labute approximate surface area is 117 Å². The van der Waals surface area contributed by atoms with Crippen LogP contribution >= 0.6 is 0 Å². The first-order valence-electron chi connectivity index (χ1n) is 6.31. The molecule has 0 aliphatic carbocycles. The van der Waals surface area contributed by atoms with E-state index in [1.165, 1.54) is 6.07 Å². The van der Waals surface area contributed by atoms with Crippen molar-refractivity contribution in [2.24, 2.45) is 0 Å². The summed E-state index contributed by atoms with van der Waals surface area (Å²) in [6, 6.07) is 4.76. The van der Waals surface area contributed by atoms with Crippen molar-refractivity contribution in [1.82, 2.24) is 10.2 Å². The van der Waals surface area contributed by atoms with Crippen molar-refractivity contribution >= 4 is 17.3 Å². The van der Waals surface area contributed by atoms with Crippen molar-refractivity contribution in [3.8, 4) is 0 Å². The van der Waals surface area contributed by atoms with Gasteiger partial charge in [-0.15, -0.1) is 0 Å². The average Bonchev–Trinajstić information content (AvgIpc) is 2.29. The fourth-order valence-electron chi connectivity index (χ4n) is 1.86. The molecule has 20 heavy (non-hydrogen) atoms. The Morgan fingerprint density at radius 3 is 2.70 bits per heavy atom. The molecule has 7 nitrogen and oxygen atoms in total. The summed E-state index contributed by atoms with van der Waals surface area (Å²) in [7, 11) is 1.76. The number of carbonyl (C=O) groups is 1. The zero-order valence-electron chi connectivity index (χ0n) is 11.9. The van der Waals surface area contributed by atoms with Gasteiger partial charge in [-0.2, -0.15) is 0 Å². The van der Waals surface area contributed by atoms with Crippen LogP contribution in [0, 0.1) is 10.1 Å². The molecular weight excluding hydrogens is 260 g/mol. The van der Waals surface area contributed by atoms with Crippen LogP contribution in [0.25, 0.3) is 0 Å². The molecule has 3 N–H and O–H groups in total. The van der Waals surface area contributed by atoms with Gasteiger partial charge in [-0.1, -0.05) is 12.1 Å². The molecule has 0 fully saturated rings. The highest BCUT2D eigenvalue weighted by Crippen LogP contribution is 2.25. The number of nitrogens with zero attached hydrogens (tertiary/aromatic N) is 2. The van der Waals surface area contributed by atoms with Gasteiger partial charge in [0.05, 0.1) is 11.5 Å². The van der Waals surface area contributed by atoms with Crippen molar-refractivity contribution in [2.45, 2.75) is 26.4 Å². The van der Waals surface area contributed by atoms with E-state index in [9.17, 15) is 14.9 Å². The molecule has 0 aromatic heterocycles. The van der Waals surface area contributed by atoms with Crippen LogP contribution in [0.4, 0.5) is 11.4 Å². The van der Waals surface area contributed by atoms with Crippen LogP contribution in [0.15, 0.2) is 18.2 Å². The van der Waals surface area contributed by atoms with Crippen molar-refractivity contribution in [2.75, 3.05) is 19.3 Å². The van der Waals surface area contributed by atoms with Gasteiger partial charge in [0.2, 0.25) is 5.91 Å². The molecule has 0 unspecified atom stereocenters. The number of nitro groups is 1. The number of likely N-dealkylation sites (N-methyl/N-ethyl adjacent to an activating group) is 1. The van der Waals surface area contributed by atoms with E-state index in [1.54, 1.807) is 24.1 Å². The number of hydrogen-bond donors (Lipinski definition) is 2. The summed E-state index contributed by atoms with van der Waals surface area (Å²) in [6.07, 6.45) is 0. The van der Waals surface area contributed by atoms with Crippen LogP contribution in [0.5, 0.6) is 0 Å². The molecule has 1 rings (SSSR count). The zero-order chi connectivity index (χ0) is 15.3. The normalized spacial score (nSPS) is 10.8. The fourth-order valence-corrected chi connectivity index (χ4v) is 1.86. The van der Waals surface area contributed by atoms with Crippen LogP contribution < -0.4 is 11.1 Å². The molecule has 0 atom stereocenters. The topological polar surface area (TPSA) is 102 Å². The Morgan fingerprint density at radius 1 is 1.50 bits per heavy atom. The van der Waals surface area contributed by atoms with Gasteiger partial charge in [0.1, 0.15) is 5.69 Å². The maximum atomic E-state index is 11.6.